The molecule has 0 atom stereocenters. The standard InChI is InChI=1S/C13H12BrN5O/c1-20-8-4-2-7(3-5-8)12-11(14)13-17-9(15)6-10(16)19(13)18-12/h2-6H,16H2,1H3,(H2,15,17). The number of nitrogen functional groups attached to an aromatic ring is 2. The van der Waals surface area contributed by atoms with Gasteiger partial charge in [-0.05, 0) is 40.2 Å². The predicted octanol–water partition coefficient (Wildman–Crippen LogP) is 2.33. The summed E-state index contributed by atoms with van der Waals surface area (Å²) in [4.78, 5) is 4.24. The Morgan fingerprint density at radius 2 is 1.90 bits per heavy atom. The quantitative estimate of drug-likeness (QED) is 0.750. The summed E-state index contributed by atoms with van der Waals surface area (Å²) in [7, 11) is 1.63. The molecule has 0 fully saturated rings. The third-order valence-corrected chi connectivity index (χ3v) is 3.67. The molecular formula is C13H12BrN5O. The molecule has 7 heteroatoms. The number of halogens is 1. The molecule has 0 saturated carbocycles. The van der Waals surface area contributed by atoms with E-state index < -0.39 is 0 Å². The van der Waals surface area contributed by atoms with Gasteiger partial charge in [0.25, 0.3) is 0 Å². The molecule has 4 N–H and O–H groups in total. The first-order valence-corrected chi connectivity index (χ1v) is 6.64. The van der Waals surface area contributed by atoms with Crippen LogP contribution in [0.2, 0.25) is 0 Å². The van der Waals surface area contributed by atoms with Gasteiger partial charge in [-0.3, -0.25) is 0 Å². The van der Waals surface area contributed by atoms with E-state index in [9.17, 15) is 0 Å². The molecule has 0 radical (unpaired) electrons. The second kappa shape index (κ2) is 4.68. The Morgan fingerprint density at radius 3 is 2.55 bits per heavy atom. The highest BCUT2D eigenvalue weighted by molar-refractivity contribution is 9.10. The molecule has 0 aliphatic carbocycles. The van der Waals surface area contributed by atoms with Gasteiger partial charge in [-0.2, -0.15) is 9.61 Å². The van der Waals surface area contributed by atoms with E-state index in [-0.39, 0.29) is 0 Å². The zero-order chi connectivity index (χ0) is 14.3. The highest BCUT2D eigenvalue weighted by atomic mass is 79.9. The second-order valence-electron chi connectivity index (χ2n) is 4.23. The lowest BCUT2D eigenvalue weighted by atomic mass is 10.1. The minimum Gasteiger partial charge on any atom is -0.497 e. The Bertz CT molecular complexity index is 782. The number of nitrogens with two attached hydrogens (primary N) is 2. The number of benzene rings is 1. The summed E-state index contributed by atoms with van der Waals surface area (Å²) < 4.78 is 7.45. The molecule has 3 rings (SSSR count). The summed E-state index contributed by atoms with van der Waals surface area (Å²) in [6, 6.07) is 9.16. The fraction of sp³-hybridized carbons (Fsp3) is 0.0769. The van der Waals surface area contributed by atoms with Gasteiger partial charge in [-0.25, -0.2) is 4.98 Å². The SMILES string of the molecule is COc1ccc(-c2nn3c(N)cc(N)nc3c2Br)cc1. The maximum Gasteiger partial charge on any atom is 0.174 e. The van der Waals surface area contributed by atoms with Crippen LogP contribution in [0.1, 0.15) is 0 Å². The number of rotatable bonds is 2. The van der Waals surface area contributed by atoms with E-state index >= 15 is 0 Å². The molecule has 1 aromatic carbocycles. The Balaban J connectivity index is 2.20. The number of anilines is 2. The maximum absolute atomic E-state index is 5.90. The summed E-state index contributed by atoms with van der Waals surface area (Å²) in [5.41, 5.74) is 13.9. The van der Waals surface area contributed by atoms with Gasteiger partial charge < -0.3 is 16.2 Å². The number of aromatic nitrogens is 3. The first-order chi connectivity index (χ1) is 9.60. The Morgan fingerprint density at radius 1 is 1.20 bits per heavy atom. The van der Waals surface area contributed by atoms with Crippen LogP contribution in [0.4, 0.5) is 11.6 Å². The van der Waals surface area contributed by atoms with Gasteiger partial charge in [0.15, 0.2) is 5.65 Å². The Labute approximate surface area is 123 Å². The van der Waals surface area contributed by atoms with Gasteiger partial charge >= 0.3 is 0 Å². The summed E-state index contributed by atoms with van der Waals surface area (Å²) in [6.07, 6.45) is 0. The van der Waals surface area contributed by atoms with Crippen LogP contribution in [0.3, 0.4) is 0 Å². The van der Waals surface area contributed by atoms with E-state index in [0.717, 1.165) is 21.5 Å². The van der Waals surface area contributed by atoms with Crippen molar-refractivity contribution in [1.29, 1.82) is 0 Å². The molecule has 2 aromatic heterocycles. The average molecular weight is 334 g/mol. The van der Waals surface area contributed by atoms with Gasteiger partial charge in [0.1, 0.15) is 23.1 Å². The molecule has 0 spiro atoms. The number of methoxy groups -OCH3 is 1. The average Bonchev–Trinajstić information content (AvgIpc) is 2.77. The second-order valence-corrected chi connectivity index (χ2v) is 5.03. The molecular weight excluding hydrogens is 322 g/mol. The molecule has 0 aliphatic heterocycles. The number of nitrogens with zero attached hydrogens (tertiary/aromatic N) is 3. The molecule has 0 amide bonds. The van der Waals surface area contributed by atoms with Crippen molar-refractivity contribution in [3.8, 4) is 17.0 Å². The largest absolute Gasteiger partial charge is 0.497 e. The number of hydrogen-bond donors (Lipinski definition) is 2. The normalized spacial score (nSPS) is 10.9. The third-order valence-electron chi connectivity index (χ3n) is 2.94. The van der Waals surface area contributed by atoms with Gasteiger partial charge in [-0.15, -0.1) is 0 Å². The van der Waals surface area contributed by atoms with E-state index in [2.05, 4.69) is 26.0 Å². The Kier molecular flexibility index (Phi) is 2.98. The minimum absolute atomic E-state index is 0.358. The van der Waals surface area contributed by atoms with E-state index in [1.807, 2.05) is 24.3 Å². The van der Waals surface area contributed by atoms with Gasteiger partial charge in [-0.1, -0.05) is 0 Å². The van der Waals surface area contributed by atoms with E-state index in [1.165, 1.54) is 0 Å². The zero-order valence-electron chi connectivity index (χ0n) is 10.7. The van der Waals surface area contributed by atoms with Crippen molar-refractivity contribution in [2.24, 2.45) is 0 Å². The van der Waals surface area contributed by atoms with Gasteiger partial charge in [0.2, 0.25) is 0 Å². The van der Waals surface area contributed by atoms with Crippen molar-refractivity contribution in [3.63, 3.8) is 0 Å². The molecule has 0 unspecified atom stereocenters. The summed E-state index contributed by atoms with van der Waals surface area (Å²) in [5.74, 6) is 1.58. The van der Waals surface area contributed by atoms with Crippen LogP contribution < -0.4 is 16.2 Å². The first kappa shape index (κ1) is 12.7. The van der Waals surface area contributed by atoms with Crippen molar-refractivity contribution in [2.75, 3.05) is 18.6 Å². The fourth-order valence-electron chi connectivity index (χ4n) is 1.97. The lowest BCUT2D eigenvalue weighted by molar-refractivity contribution is 0.415. The summed E-state index contributed by atoms with van der Waals surface area (Å²) in [5, 5.41) is 4.46. The first-order valence-electron chi connectivity index (χ1n) is 5.85. The van der Waals surface area contributed by atoms with Crippen LogP contribution in [-0.4, -0.2) is 21.7 Å². The smallest absolute Gasteiger partial charge is 0.174 e. The van der Waals surface area contributed by atoms with E-state index in [4.69, 9.17) is 16.2 Å². The topological polar surface area (TPSA) is 91.5 Å². The highest BCUT2D eigenvalue weighted by Crippen LogP contribution is 2.32. The molecule has 102 valence electrons. The van der Waals surface area contributed by atoms with Crippen LogP contribution in [0, 0.1) is 0 Å². The zero-order valence-corrected chi connectivity index (χ0v) is 12.3. The predicted molar refractivity (Wildman–Crippen MR) is 81.5 cm³/mol. The minimum atomic E-state index is 0.358. The number of ether oxygens (including phenoxy) is 1. The Hall–Kier alpha value is -2.28. The van der Waals surface area contributed by atoms with E-state index in [0.29, 0.717) is 17.3 Å². The number of hydrogen-bond acceptors (Lipinski definition) is 5. The third kappa shape index (κ3) is 1.96. The van der Waals surface area contributed by atoms with Crippen LogP contribution in [0.15, 0.2) is 34.8 Å². The maximum atomic E-state index is 5.90. The van der Waals surface area contributed by atoms with Crippen LogP contribution in [0.5, 0.6) is 5.75 Å². The van der Waals surface area contributed by atoms with Crippen molar-refractivity contribution < 1.29 is 4.74 Å². The molecule has 3 aromatic rings. The molecule has 0 saturated heterocycles. The van der Waals surface area contributed by atoms with Crippen LogP contribution >= 0.6 is 15.9 Å². The molecule has 6 nitrogen and oxygen atoms in total. The van der Waals surface area contributed by atoms with Crippen LogP contribution in [-0.2, 0) is 0 Å². The molecule has 0 aliphatic rings. The van der Waals surface area contributed by atoms with Crippen molar-refractivity contribution in [1.82, 2.24) is 14.6 Å². The molecule has 20 heavy (non-hydrogen) atoms. The lowest BCUT2D eigenvalue weighted by Gasteiger charge is -2.00. The van der Waals surface area contributed by atoms with Gasteiger partial charge in [0, 0.05) is 11.6 Å². The fourth-order valence-corrected chi connectivity index (χ4v) is 2.53. The van der Waals surface area contributed by atoms with Crippen LogP contribution in [0.25, 0.3) is 16.9 Å². The monoisotopic (exact) mass is 333 g/mol. The van der Waals surface area contributed by atoms with Crippen molar-refractivity contribution in [3.05, 3.63) is 34.8 Å². The highest BCUT2D eigenvalue weighted by Gasteiger charge is 2.15. The summed E-state index contributed by atoms with van der Waals surface area (Å²) in [6.45, 7) is 0. The van der Waals surface area contributed by atoms with Crippen molar-refractivity contribution >= 4 is 33.2 Å². The van der Waals surface area contributed by atoms with E-state index in [1.54, 1.807) is 17.7 Å². The van der Waals surface area contributed by atoms with Crippen molar-refractivity contribution in [2.45, 2.75) is 0 Å². The number of fused-ring (bicyclic) bond motifs is 1. The lowest BCUT2D eigenvalue weighted by Crippen LogP contribution is -2.02. The summed E-state index contributed by atoms with van der Waals surface area (Å²) >= 11 is 3.50. The molecule has 2 heterocycles. The van der Waals surface area contributed by atoms with Gasteiger partial charge in [0.05, 0.1) is 11.6 Å². The molecule has 0 bridgehead atoms.